The van der Waals surface area contributed by atoms with Gasteiger partial charge in [0.25, 0.3) is 0 Å². The van der Waals surface area contributed by atoms with E-state index in [0.29, 0.717) is 5.75 Å². The van der Waals surface area contributed by atoms with Gasteiger partial charge in [-0.15, -0.1) is 0 Å². The highest BCUT2D eigenvalue weighted by Gasteiger charge is 1.96. The number of nitrogens with zero attached hydrogens (tertiary/aromatic N) is 2. The van der Waals surface area contributed by atoms with E-state index in [0.717, 1.165) is 11.3 Å². The Labute approximate surface area is 82.4 Å². The summed E-state index contributed by atoms with van der Waals surface area (Å²) in [6.45, 7) is 1.97. The molecule has 0 saturated carbocycles. The van der Waals surface area contributed by atoms with Crippen molar-refractivity contribution in [3.05, 3.63) is 48.5 Å². The largest absolute Gasteiger partial charge is 0.454 e. The van der Waals surface area contributed by atoms with Crippen molar-refractivity contribution in [2.24, 2.45) is 0 Å². The molecule has 3 nitrogen and oxygen atoms in total. The van der Waals surface area contributed by atoms with Crippen LogP contribution in [0.15, 0.2) is 36.9 Å². The first-order valence-corrected chi connectivity index (χ1v) is 4.26. The molecule has 1 aromatic heterocycles. The molecular formula is C11H9N2O. The maximum Gasteiger partial charge on any atom is 0.163 e. The first-order valence-electron chi connectivity index (χ1n) is 4.26. The Morgan fingerprint density at radius 2 is 2.00 bits per heavy atom. The molecule has 0 amide bonds. The van der Waals surface area contributed by atoms with Gasteiger partial charge in [0.05, 0.1) is 12.4 Å². The van der Waals surface area contributed by atoms with Crippen LogP contribution < -0.4 is 4.74 Å². The molecule has 0 N–H and O–H groups in total. The van der Waals surface area contributed by atoms with Gasteiger partial charge in [0.15, 0.2) is 5.75 Å². The summed E-state index contributed by atoms with van der Waals surface area (Å²) in [4.78, 5) is 7.72. The van der Waals surface area contributed by atoms with Crippen molar-refractivity contribution in [1.82, 2.24) is 9.97 Å². The number of ether oxygens (including phenoxy) is 1. The highest BCUT2D eigenvalue weighted by Crippen LogP contribution is 2.19. The summed E-state index contributed by atoms with van der Waals surface area (Å²) in [7, 11) is 0. The molecular weight excluding hydrogens is 176 g/mol. The van der Waals surface area contributed by atoms with E-state index < -0.39 is 0 Å². The van der Waals surface area contributed by atoms with Gasteiger partial charge in [-0.3, -0.25) is 0 Å². The Bertz CT molecular complexity index is 415. The molecule has 0 saturated heterocycles. The van der Waals surface area contributed by atoms with E-state index in [1.807, 2.05) is 25.1 Å². The lowest BCUT2D eigenvalue weighted by atomic mass is 10.2. The lowest BCUT2D eigenvalue weighted by molar-refractivity contribution is 0.477. The van der Waals surface area contributed by atoms with Gasteiger partial charge in [-0.2, -0.15) is 0 Å². The molecule has 2 aromatic rings. The first-order chi connectivity index (χ1) is 6.84. The van der Waals surface area contributed by atoms with Crippen LogP contribution in [0.2, 0.25) is 0 Å². The average molecular weight is 185 g/mol. The van der Waals surface area contributed by atoms with E-state index >= 15 is 0 Å². The van der Waals surface area contributed by atoms with Crippen molar-refractivity contribution in [3.8, 4) is 11.5 Å². The van der Waals surface area contributed by atoms with E-state index in [-0.39, 0.29) is 0 Å². The van der Waals surface area contributed by atoms with Crippen molar-refractivity contribution in [1.29, 1.82) is 0 Å². The highest BCUT2D eigenvalue weighted by molar-refractivity contribution is 5.30. The summed E-state index contributed by atoms with van der Waals surface area (Å²) < 4.78 is 5.51. The predicted molar refractivity (Wildman–Crippen MR) is 52.1 cm³/mol. The average Bonchev–Trinajstić information content (AvgIpc) is 2.19. The number of benzene rings is 1. The molecule has 0 bridgehead atoms. The third kappa shape index (κ3) is 2.07. The summed E-state index contributed by atoms with van der Waals surface area (Å²) in [6, 6.07) is 8.63. The van der Waals surface area contributed by atoms with Gasteiger partial charge in [-0.25, -0.2) is 9.97 Å². The van der Waals surface area contributed by atoms with Gasteiger partial charge in [0, 0.05) is 0 Å². The van der Waals surface area contributed by atoms with Crippen LogP contribution in [0.5, 0.6) is 11.5 Å². The maximum atomic E-state index is 5.51. The zero-order chi connectivity index (χ0) is 9.80. The molecule has 2 rings (SSSR count). The molecule has 1 radical (unpaired) electrons. The van der Waals surface area contributed by atoms with Crippen LogP contribution in [0, 0.1) is 13.0 Å². The Morgan fingerprint density at radius 3 is 2.71 bits per heavy atom. The lowest BCUT2D eigenvalue weighted by Gasteiger charge is -2.04. The van der Waals surface area contributed by atoms with Crippen LogP contribution in [0.3, 0.4) is 0 Å². The Kier molecular flexibility index (Phi) is 2.40. The number of hydrogen-bond donors (Lipinski definition) is 0. The molecule has 0 spiro atoms. The van der Waals surface area contributed by atoms with Crippen molar-refractivity contribution in [3.63, 3.8) is 0 Å². The van der Waals surface area contributed by atoms with Gasteiger partial charge in [0.2, 0.25) is 0 Å². The lowest BCUT2D eigenvalue weighted by Crippen LogP contribution is -1.86. The zero-order valence-corrected chi connectivity index (χ0v) is 7.77. The molecule has 0 aliphatic carbocycles. The van der Waals surface area contributed by atoms with Gasteiger partial charge in [-0.1, -0.05) is 6.07 Å². The Hall–Kier alpha value is -1.90. The van der Waals surface area contributed by atoms with Gasteiger partial charge in [-0.05, 0) is 30.7 Å². The molecule has 3 heteroatoms. The van der Waals surface area contributed by atoms with E-state index in [1.165, 1.54) is 6.33 Å². The number of aryl methyl sites for hydroxylation is 1. The fourth-order valence-corrected chi connectivity index (χ4v) is 1.10. The number of hydrogen-bond acceptors (Lipinski definition) is 3. The van der Waals surface area contributed by atoms with Gasteiger partial charge in [0.1, 0.15) is 12.1 Å². The van der Waals surface area contributed by atoms with Crippen molar-refractivity contribution < 1.29 is 4.74 Å². The second-order valence-electron chi connectivity index (χ2n) is 2.88. The standard InChI is InChI=1S/C11H9N2O/c1-9-3-2-4-10(5-9)14-11-6-12-8-13-7-11/h2,4-8H,1H3. The maximum absolute atomic E-state index is 5.51. The summed E-state index contributed by atoms with van der Waals surface area (Å²) >= 11 is 0. The summed E-state index contributed by atoms with van der Waals surface area (Å²) in [5, 5.41) is 0. The van der Waals surface area contributed by atoms with E-state index in [9.17, 15) is 0 Å². The smallest absolute Gasteiger partial charge is 0.163 e. The van der Waals surface area contributed by atoms with E-state index in [1.54, 1.807) is 12.4 Å². The Morgan fingerprint density at radius 1 is 1.21 bits per heavy atom. The van der Waals surface area contributed by atoms with Crippen molar-refractivity contribution in [2.75, 3.05) is 0 Å². The molecule has 0 fully saturated rings. The third-order valence-corrected chi connectivity index (χ3v) is 1.69. The molecule has 0 aliphatic rings. The van der Waals surface area contributed by atoms with Crippen molar-refractivity contribution >= 4 is 0 Å². The van der Waals surface area contributed by atoms with Crippen LogP contribution in [0.4, 0.5) is 0 Å². The number of rotatable bonds is 2. The normalized spacial score (nSPS) is 9.79. The minimum absolute atomic E-state index is 0.637. The monoisotopic (exact) mass is 185 g/mol. The Balaban J connectivity index is 2.19. The van der Waals surface area contributed by atoms with Gasteiger partial charge >= 0.3 is 0 Å². The van der Waals surface area contributed by atoms with Gasteiger partial charge < -0.3 is 4.74 Å². The fraction of sp³-hybridized carbons (Fsp3) is 0.0909. The van der Waals surface area contributed by atoms with E-state index in [4.69, 9.17) is 4.74 Å². The number of aromatic nitrogens is 2. The SMILES string of the molecule is Cc1[c]ccc(Oc2cncnc2)c1. The van der Waals surface area contributed by atoms with Crippen molar-refractivity contribution in [2.45, 2.75) is 6.92 Å². The quantitative estimate of drug-likeness (QED) is 0.720. The molecule has 0 atom stereocenters. The highest BCUT2D eigenvalue weighted by atomic mass is 16.5. The summed E-state index contributed by atoms with van der Waals surface area (Å²) in [5.41, 5.74) is 1.04. The molecule has 1 aromatic carbocycles. The zero-order valence-electron chi connectivity index (χ0n) is 7.77. The molecule has 14 heavy (non-hydrogen) atoms. The molecule has 69 valence electrons. The minimum Gasteiger partial charge on any atom is -0.454 e. The predicted octanol–water partition coefficient (Wildman–Crippen LogP) is 2.38. The second kappa shape index (κ2) is 3.87. The fourth-order valence-electron chi connectivity index (χ4n) is 1.10. The van der Waals surface area contributed by atoms with Crippen LogP contribution in [-0.2, 0) is 0 Å². The minimum atomic E-state index is 0.637. The summed E-state index contributed by atoms with van der Waals surface area (Å²) in [6.07, 6.45) is 4.72. The summed E-state index contributed by atoms with van der Waals surface area (Å²) in [5.74, 6) is 1.41. The molecule has 1 heterocycles. The first kappa shape index (κ1) is 8.69. The van der Waals surface area contributed by atoms with Crippen LogP contribution in [0.25, 0.3) is 0 Å². The second-order valence-corrected chi connectivity index (χ2v) is 2.88. The van der Waals surface area contributed by atoms with Crippen LogP contribution in [-0.4, -0.2) is 9.97 Å². The van der Waals surface area contributed by atoms with Crippen LogP contribution in [0.1, 0.15) is 5.56 Å². The molecule has 0 unspecified atom stereocenters. The van der Waals surface area contributed by atoms with Crippen LogP contribution >= 0.6 is 0 Å². The third-order valence-electron chi connectivity index (χ3n) is 1.69. The molecule has 0 aliphatic heterocycles. The van der Waals surface area contributed by atoms with E-state index in [2.05, 4.69) is 16.0 Å². The topological polar surface area (TPSA) is 35.0 Å².